The highest BCUT2D eigenvalue weighted by Crippen LogP contribution is 2.31. The van der Waals surface area contributed by atoms with Gasteiger partial charge in [0.15, 0.2) is 0 Å². The molecule has 0 atom stereocenters. The number of rotatable bonds is 1. The average molecular weight is 186 g/mol. The van der Waals surface area contributed by atoms with E-state index in [0.29, 0.717) is 5.46 Å². The van der Waals surface area contributed by atoms with E-state index in [-0.39, 0.29) is 10.6 Å². The first-order valence-corrected chi connectivity index (χ1v) is 3.72. The van der Waals surface area contributed by atoms with Crippen LogP contribution in [0.25, 0.3) is 0 Å². The van der Waals surface area contributed by atoms with E-state index in [0.717, 1.165) is 6.92 Å². The fourth-order valence-corrected chi connectivity index (χ4v) is 1.24. The number of benzene rings is 1. The molecule has 0 aliphatic heterocycles. The van der Waals surface area contributed by atoms with Crippen molar-refractivity contribution < 1.29 is 8.78 Å². The van der Waals surface area contributed by atoms with Gasteiger partial charge in [-0.15, -0.1) is 0 Å². The zero-order valence-electron chi connectivity index (χ0n) is 6.44. The molecule has 1 aromatic carbocycles. The second-order valence-electron chi connectivity index (χ2n) is 2.63. The molecule has 62 valence electrons. The summed E-state index contributed by atoms with van der Waals surface area (Å²) < 4.78 is 25.4. The fraction of sp³-hybridized carbons (Fsp3) is 0.250. The lowest BCUT2D eigenvalue weighted by atomic mass is 9.94. The molecule has 0 fully saturated rings. The molecule has 0 spiro atoms. The van der Waals surface area contributed by atoms with Gasteiger partial charge in [0, 0.05) is 17.5 Å². The smallest absolute Gasteiger partial charge is 0.202 e. The van der Waals surface area contributed by atoms with Crippen molar-refractivity contribution in [2.24, 2.45) is 0 Å². The Morgan fingerprint density at radius 3 is 2.42 bits per heavy atom. The summed E-state index contributed by atoms with van der Waals surface area (Å²) in [5.41, 5.74) is 0.186. The monoisotopic (exact) mass is 186 g/mol. The SMILES string of the molecule is [B]c1ccc(C(C)(F)F)c(Cl)c1. The lowest BCUT2D eigenvalue weighted by Crippen LogP contribution is -2.11. The maximum absolute atomic E-state index is 12.7. The van der Waals surface area contributed by atoms with Gasteiger partial charge in [0.2, 0.25) is 0 Å². The zero-order valence-corrected chi connectivity index (χ0v) is 7.20. The first kappa shape index (κ1) is 9.52. The molecule has 0 aromatic heterocycles. The van der Waals surface area contributed by atoms with Crippen LogP contribution in [0.4, 0.5) is 8.78 Å². The highest BCUT2D eigenvalue weighted by molar-refractivity contribution is 6.36. The second-order valence-corrected chi connectivity index (χ2v) is 3.03. The Morgan fingerprint density at radius 2 is 2.00 bits per heavy atom. The van der Waals surface area contributed by atoms with E-state index in [1.165, 1.54) is 18.2 Å². The molecule has 1 aromatic rings. The van der Waals surface area contributed by atoms with Crippen molar-refractivity contribution in [3.63, 3.8) is 0 Å². The van der Waals surface area contributed by atoms with Crippen molar-refractivity contribution in [2.45, 2.75) is 12.8 Å². The third kappa shape index (κ3) is 1.98. The van der Waals surface area contributed by atoms with E-state index in [9.17, 15) is 8.78 Å². The molecule has 0 aliphatic rings. The number of hydrogen-bond donors (Lipinski definition) is 0. The van der Waals surface area contributed by atoms with Crippen LogP contribution in [0.1, 0.15) is 12.5 Å². The lowest BCUT2D eigenvalue weighted by Gasteiger charge is -2.12. The van der Waals surface area contributed by atoms with E-state index in [1.54, 1.807) is 0 Å². The summed E-state index contributed by atoms with van der Waals surface area (Å²) in [4.78, 5) is 0. The maximum atomic E-state index is 12.7. The number of halogens is 3. The van der Waals surface area contributed by atoms with Crippen molar-refractivity contribution >= 4 is 24.9 Å². The van der Waals surface area contributed by atoms with Gasteiger partial charge in [-0.2, -0.15) is 0 Å². The van der Waals surface area contributed by atoms with Gasteiger partial charge in [-0.05, 0) is 0 Å². The summed E-state index contributed by atoms with van der Waals surface area (Å²) in [6.45, 7) is 0.796. The topological polar surface area (TPSA) is 0 Å². The molecular weight excluding hydrogens is 180 g/mol. The molecular formula is C8H6BClF2. The molecule has 0 N–H and O–H groups in total. The van der Waals surface area contributed by atoms with Gasteiger partial charge in [-0.3, -0.25) is 0 Å². The van der Waals surface area contributed by atoms with Crippen LogP contribution in [0.2, 0.25) is 5.02 Å². The van der Waals surface area contributed by atoms with E-state index in [1.807, 2.05) is 0 Å². The van der Waals surface area contributed by atoms with Crippen LogP contribution < -0.4 is 5.46 Å². The molecule has 4 heteroatoms. The van der Waals surface area contributed by atoms with E-state index in [2.05, 4.69) is 0 Å². The van der Waals surface area contributed by atoms with Gasteiger partial charge in [0.25, 0.3) is 5.92 Å². The highest BCUT2D eigenvalue weighted by atomic mass is 35.5. The Hall–Kier alpha value is -0.565. The predicted octanol–water partition coefficient (Wildman–Crippen LogP) is 2.25. The molecule has 12 heavy (non-hydrogen) atoms. The van der Waals surface area contributed by atoms with Gasteiger partial charge in [0.1, 0.15) is 7.85 Å². The van der Waals surface area contributed by atoms with Crippen LogP contribution in [0, 0.1) is 0 Å². The van der Waals surface area contributed by atoms with Crippen LogP contribution in [0.15, 0.2) is 18.2 Å². The van der Waals surface area contributed by atoms with Crippen LogP contribution in [0.3, 0.4) is 0 Å². The molecule has 0 saturated carbocycles. The third-order valence-electron chi connectivity index (χ3n) is 1.47. The van der Waals surface area contributed by atoms with E-state index in [4.69, 9.17) is 19.4 Å². The average Bonchev–Trinajstić information content (AvgIpc) is 1.83. The van der Waals surface area contributed by atoms with Crippen LogP contribution >= 0.6 is 11.6 Å². The highest BCUT2D eigenvalue weighted by Gasteiger charge is 2.26. The minimum Gasteiger partial charge on any atom is -0.202 e. The summed E-state index contributed by atoms with van der Waals surface area (Å²) in [5.74, 6) is -2.91. The summed E-state index contributed by atoms with van der Waals surface area (Å²) in [6.07, 6.45) is 0. The minimum atomic E-state index is -2.91. The van der Waals surface area contributed by atoms with Gasteiger partial charge in [-0.25, -0.2) is 8.78 Å². The van der Waals surface area contributed by atoms with Crippen LogP contribution in [-0.2, 0) is 5.92 Å². The summed E-state index contributed by atoms with van der Waals surface area (Å²) in [6, 6.07) is 3.95. The van der Waals surface area contributed by atoms with Gasteiger partial charge in [-0.1, -0.05) is 35.3 Å². The van der Waals surface area contributed by atoms with Gasteiger partial charge >= 0.3 is 0 Å². The Morgan fingerprint density at radius 1 is 1.42 bits per heavy atom. The van der Waals surface area contributed by atoms with Crippen LogP contribution in [-0.4, -0.2) is 7.85 Å². The van der Waals surface area contributed by atoms with Crippen molar-refractivity contribution in [3.05, 3.63) is 28.8 Å². The van der Waals surface area contributed by atoms with E-state index < -0.39 is 5.92 Å². The normalized spacial score (nSPS) is 11.7. The number of hydrogen-bond acceptors (Lipinski definition) is 0. The Kier molecular flexibility index (Phi) is 2.42. The molecule has 0 amide bonds. The molecule has 0 aliphatic carbocycles. The number of alkyl halides is 2. The molecule has 1 rings (SSSR count). The first-order chi connectivity index (χ1) is 5.41. The fourth-order valence-electron chi connectivity index (χ4n) is 0.887. The molecule has 0 nitrogen and oxygen atoms in total. The van der Waals surface area contributed by atoms with Gasteiger partial charge in [0.05, 0.1) is 0 Å². The molecule has 2 radical (unpaired) electrons. The zero-order chi connectivity index (χ0) is 9.35. The Balaban J connectivity index is 3.19. The molecule has 0 heterocycles. The third-order valence-corrected chi connectivity index (χ3v) is 1.78. The van der Waals surface area contributed by atoms with Crippen molar-refractivity contribution in [1.82, 2.24) is 0 Å². The second kappa shape index (κ2) is 3.06. The Bertz CT molecular complexity index is 294. The maximum Gasteiger partial charge on any atom is 0.271 e. The minimum absolute atomic E-state index is 0.00231. The van der Waals surface area contributed by atoms with Crippen molar-refractivity contribution in [1.29, 1.82) is 0 Å². The van der Waals surface area contributed by atoms with Gasteiger partial charge < -0.3 is 0 Å². The molecule has 0 unspecified atom stereocenters. The molecule has 0 saturated heterocycles. The lowest BCUT2D eigenvalue weighted by molar-refractivity contribution is 0.0176. The predicted molar refractivity (Wildman–Crippen MR) is 46.4 cm³/mol. The molecule has 0 bridgehead atoms. The quantitative estimate of drug-likeness (QED) is 0.590. The summed E-state index contributed by atoms with van der Waals surface area (Å²) in [7, 11) is 5.34. The Labute approximate surface area is 75.9 Å². The van der Waals surface area contributed by atoms with Crippen LogP contribution in [0.5, 0.6) is 0 Å². The first-order valence-electron chi connectivity index (χ1n) is 3.34. The largest absolute Gasteiger partial charge is 0.271 e. The summed E-state index contributed by atoms with van der Waals surface area (Å²) in [5, 5.41) is 0.00231. The summed E-state index contributed by atoms with van der Waals surface area (Å²) >= 11 is 5.55. The van der Waals surface area contributed by atoms with Crippen molar-refractivity contribution in [2.75, 3.05) is 0 Å². The van der Waals surface area contributed by atoms with E-state index >= 15 is 0 Å². The standard InChI is InChI=1S/C8H6BClF2/c1-8(11,12)6-3-2-5(9)4-7(6)10/h2-4H,1H3. The van der Waals surface area contributed by atoms with Crippen molar-refractivity contribution in [3.8, 4) is 0 Å².